The summed E-state index contributed by atoms with van der Waals surface area (Å²) in [5, 5.41) is 0.672. The van der Waals surface area contributed by atoms with Crippen molar-refractivity contribution in [2.24, 2.45) is 0 Å². The normalized spacial score (nSPS) is 11.4. The van der Waals surface area contributed by atoms with Gasteiger partial charge in [0.05, 0.1) is 12.6 Å². The van der Waals surface area contributed by atoms with Gasteiger partial charge in [0, 0.05) is 23.2 Å². The summed E-state index contributed by atoms with van der Waals surface area (Å²) in [6.07, 6.45) is 6.98. The highest BCUT2D eigenvalue weighted by Crippen LogP contribution is 2.20. The lowest BCUT2D eigenvalue weighted by Crippen LogP contribution is -2.04. The molecule has 0 fully saturated rings. The fourth-order valence-electron chi connectivity index (χ4n) is 2.18. The van der Waals surface area contributed by atoms with E-state index in [9.17, 15) is 4.79 Å². The zero-order valence-corrected chi connectivity index (χ0v) is 14.1. The van der Waals surface area contributed by atoms with Crippen LogP contribution in [0.5, 0.6) is 5.75 Å². The maximum atomic E-state index is 12.2. The predicted octanol–water partition coefficient (Wildman–Crippen LogP) is 4.93. The lowest BCUT2D eigenvalue weighted by molar-refractivity contribution is 0.415. The van der Waals surface area contributed by atoms with Gasteiger partial charge in [0.1, 0.15) is 5.75 Å². The van der Waals surface area contributed by atoms with Gasteiger partial charge in [-0.2, -0.15) is 0 Å². The number of aromatic amines is 1. The van der Waals surface area contributed by atoms with Crippen molar-refractivity contribution < 1.29 is 4.74 Å². The first-order valence-electron chi connectivity index (χ1n) is 7.74. The minimum atomic E-state index is 0.0166. The number of pyridine rings is 1. The van der Waals surface area contributed by atoms with Crippen LogP contribution < -0.4 is 10.2 Å². The van der Waals surface area contributed by atoms with Gasteiger partial charge in [0.15, 0.2) is 5.43 Å². The van der Waals surface area contributed by atoms with Gasteiger partial charge in [0.2, 0.25) is 0 Å². The Kier molecular flexibility index (Phi) is 7.17. The van der Waals surface area contributed by atoms with Crippen LogP contribution in [0.4, 0.5) is 0 Å². The van der Waals surface area contributed by atoms with E-state index < -0.39 is 0 Å². The van der Waals surface area contributed by atoms with Gasteiger partial charge < -0.3 is 9.72 Å². The van der Waals surface area contributed by atoms with Crippen LogP contribution in [0.25, 0.3) is 16.5 Å². The lowest BCUT2D eigenvalue weighted by atomic mass is 10.1. The minimum absolute atomic E-state index is 0.0166. The van der Waals surface area contributed by atoms with E-state index in [1.165, 1.54) is 0 Å². The summed E-state index contributed by atoms with van der Waals surface area (Å²) in [6.45, 7) is 8.04. The first-order valence-corrected chi connectivity index (χ1v) is 7.74. The van der Waals surface area contributed by atoms with Crippen molar-refractivity contribution in [3.8, 4) is 5.75 Å². The fourth-order valence-corrected chi connectivity index (χ4v) is 2.18. The van der Waals surface area contributed by atoms with Gasteiger partial charge in [-0.05, 0) is 31.1 Å². The molecule has 0 spiro atoms. The van der Waals surface area contributed by atoms with E-state index in [4.69, 9.17) is 4.74 Å². The Hall–Kier alpha value is -2.29. The Bertz CT molecular complexity index is 724. The summed E-state index contributed by atoms with van der Waals surface area (Å²) in [7, 11) is 1.62. The van der Waals surface area contributed by atoms with Crippen LogP contribution in [-0.4, -0.2) is 12.1 Å². The minimum Gasteiger partial charge on any atom is -0.497 e. The van der Waals surface area contributed by atoms with E-state index in [-0.39, 0.29) is 5.43 Å². The first kappa shape index (κ1) is 17.8. The van der Waals surface area contributed by atoms with Gasteiger partial charge in [0.25, 0.3) is 0 Å². The summed E-state index contributed by atoms with van der Waals surface area (Å²) in [6, 6.07) is 7.08. The van der Waals surface area contributed by atoms with E-state index in [1.807, 2.05) is 39.0 Å². The molecule has 0 unspecified atom stereocenters. The second-order valence-corrected chi connectivity index (χ2v) is 4.53. The fraction of sp³-hybridized carbons (Fsp3) is 0.316. The second-order valence-electron chi connectivity index (χ2n) is 4.53. The smallest absolute Gasteiger partial charge is 0.190 e. The number of hydrogen-bond acceptors (Lipinski definition) is 2. The van der Waals surface area contributed by atoms with E-state index in [0.29, 0.717) is 5.39 Å². The van der Waals surface area contributed by atoms with Crippen LogP contribution in [0, 0.1) is 0 Å². The summed E-state index contributed by atoms with van der Waals surface area (Å²) >= 11 is 0. The molecule has 0 aliphatic rings. The van der Waals surface area contributed by atoms with Crippen molar-refractivity contribution in [2.75, 3.05) is 7.11 Å². The third kappa shape index (κ3) is 4.10. The molecule has 1 aromatic heterocycles. The molecule has 3 heteroatoms. The van der Waals surface area contributed by atoms with Crippen molar-refractivity contribution in [1.82, 2.24) is 4.98 Å². The van der Waals surface area contributed by atoms with Gasteiger partial charge in [-0.25, -0.2) is 0 Å². The SMILES string of the molecule is C/C=C\C(=C/CC)c1cc(=O)c2ccc(OC)cc2[nH]1.CC. The highest BCUT2D eigenvalue weighted by atomic mass is 16.5. The number of H-pyrrole nitrogens is 1. The van der Waals surface area contributed by atoms with Gasteiger partial charge in [-0.3, -0.25) is 4.79 Å². The van der Waals surface area contributed by atoms with E-state index in [0.717, 1.165) is 29.0 Å². The molecule has 0 aliphatic carbocycles. The Morgan fingerprint density at radius 1 is 1.27 bits per heavy atom. The predicted molar refractivity (Wildman–Crippen MR) is 95.6 cm³/mol. The Labute approximate surface area is 132 Å². The lowest BCUT2D eigenvalue weighted by Gasteiger charge is -2.07. The molecule has 1 heterocycles. The molecule has 1 N–H and O–H groups in total. The van der Waals surface area contributed by atoms with Crippen molar-refractivity contribution >= 4 is 16.5 Å². The largest absolute Gasteiger partial charge is 0.497 e. The number of aromatic nitrogens is 1. The van der Waals surface area contributed by atoms with Crippen molar-refractivity contribution in [2.45, 2.75) is 34.1 Å². The zero-order chi connectivity index (χ0) is 16.5. The summed E-state index contributed by atoms with van der Waals surface area (Å²) in [5.41, 5.74) is 2.66. The molecular weight excluding hydrogens is 274 g/mol. The molecule has 0 saturated carbocycles. The number of methoxy groups -OCH3 is 1. The van der Waals surface area contributed by atoms with Crippen LogP contribution in [0.2, 0.25) is 0 Å². The molecule has 3 nitrogen and oxygen atoms in total. The zero-order valence-electron chi connectivity index (χ0n) is 14.1. The summed E-state index contributed by atoms with van der Waals surface area (Å²) < 4.78 is 5.21. The maximum Gasteiger partial charge on any atom is 0.190 e. The van der Waals surface area contributed by atoms with Crippen LogP contribution in [0.1, 0.15) is 39.8 Å². The van der Waals surface area contributed by atoms with Crippen molar-refractivity contribution in [3.05, 3.63) is 58.4 Å². The second kappa shape index (κ2) is 8.88. The third-order valence-corrected chi connectivity index (χ3v) is 3.12. The number of benzene rings is 1. The average molecular weight is 299 g/mol. The molecule has 118 valence electrons. The molecular formula is C19H25NO2. The van der Waals surface area contributed by atoms with E-state index in [1.54, 1.807) is 25.3 Å². The number of nitrogens with one attached hydrogen (secondary N) is 1. The highest BCUT2D eigenvalue weighted by molar-refractivity contribution is 5.83. The van der Waals surface area contributed by atoms with Crippen molar-refractivity contribution in [1.29, 1.82) is 0 Å². The Morgan fingerprint density at radius 3 is 2.59 bits per heavy atom. The molecule has 0 atom stereocenters. The average Bonchev–Trinajstić information content (AvgIpc) is 2.56. The van der Waals surface area contributed by atoms with E-state index >= 15 is 0 Å². The number of fused-ring (bicyclic) bond motifs is 1. The number of rotatable bonds is 4. The number of allylic oxidation sites excluding steroid dienone is 4. The molecule has 2 aromatic rings. The highest BCUT2D eigenvalue weighted by Gasteiger charge is 2.05. The Morgan fingerprint density at radius 2 is 2.00 bits per heavy atom. The molecule has 0 amide bonds. The molecule has 0 saturated heterocycles. The standard InChI is InChI=1S/C17H19NO2.C2H6/c1-4-6-12(7-5-2)15-11-17(19)14-9-8-13(20-3)10-16(14)18-15;1-2/h4,6-11H,5H2,1-3H3,(H,18,19);1-2H3/b6-4-,12-7+;. The molecule has 22 heavy (non-hydrogen) atoms. The topological polar surface area (TPSA) is 42.1 Å². The third-order valence-electron chi connectivity index (χ3n) is 3.12. The Balaban J connectivity index is 0.00000116. The number of hydrogen-bond donors (Lipinski definition) is 1. The molecule has 0 bridgehead atoms. The molecule has 0 aliphatic heterocycles. The summed E-state index contributed by atoms with van der Waals surface area (Å²) in [5.74, 6) is 0.734. The summed E-state index contributed by atoms with van der Waals surface area (Å²) in [4.78, 5) is 15.5. The van der Waals surface area contributed by atoms with Crippen LogP contribution in [0.3, 0.4) is 0 Å². The molecule has 1 aromatic carbocycles. The van der Waals surface area contributed by atoms with Gasteiger partial charge >= 0.3 is 0 Å². The van der Waals surface area contributed by atoms with Crippen LogP contribution >= 0.6 is 0 Å². The molecule has 2 rings (SSSR count). The number of ether oxygens (including phenoxy) is 1. The van der Waals surface area contributed by atoms with Gasteiger partial charge in [-0.1, -0.05) is 39.0 Å². The van der Waals surface area contributed by atoms with Gasteiger partial charge in [-0.15, -0.1) is 0 Å². The van der Waals surface area contributed by atoms with Crippen molar-refractivity contribution in [3.63, 3.8) is 0 Å². The van der Waals surface area contributed by atoms with Crippen LogP contribution in [0.15, 0.2) is 47.3 Å². The quantitative estimate of drug-likeness (QED) is 0.813. The molecule has 0 radical (unpaired) electrons. The maximum absolute atomic E-state index is 12.2. The first-order chi connectivity index (χ1) is 10.7. The monoisotopic (exact) mass is 299 g/mol. The van der Waals surface area contributed by atoms with Crippen LogP contribution in [-0.2, 0) is 0 Å². The van der Waals surface area contributed by atoms with E-state index in [2.05, 4.69) is 18.0 Å².